The average molecular weight is 432 g/mol. The van der Waals surface area contributed by atoms with Crippen molar-refractivity contribution in [2.24, 2.45) is 11.7 Å². The lowest BCUT2D eigenvalue weighted by Crippen LogP contribution is -2.32. The number of carbonyl (C=O) groups excluding carboxylic acids is 1. The first-order valence-corrected chi connectivity index (χ1v) is 10.7. The molecular formula is C26H29N3O3. The number of aliphatic carboxylic acids is 1. The molecule has 1 aromatic heterocycles. The van der Waals surface area contributed by atoms with Gasteiger partial charge in [0, 0.05) is 30.4 Å². The summed E-state index contributed by atoms with van der Waals surface area (Å²) in [6.07, 6.45) is 3.82. The Morgan fingerprint density at radius 3 is 2.25 bits per heavy atom. The quantitative estimate of drug-likeness (QED) is 0.477. The van der Waals surface area contributed by atoms with Crippen LogP contribution in [0, 0.1) is 5.92 Å². The van der Waals surface area contributed by atoms with E-state index in [0.29, 0.717) is 18.0 Å². The van der Waals surface area contributed by atoms with Crippen LogP contribution in [-0.2, 0) is 11.2 Å². The number of nitrogens with two attached hydrogens (primary N) is 1. The highest BCUT2D eigenvalue weighted by Gasteiger charge is 2.18. The molecule has 0 aliphatic heterocycles. The van der Waals surface area contributed by atoms with Gasteiger partial charge < -0.3 is 16.2 Å². The van der Waals surface area contributed by atoms with Crippen molar-refractivity contribution in [1.82, 2.24) is 10.3 Å². The molecule has 2 aromatic carbocycles. The second-order valence-electron chi connectivity index (χ2n) is 8.27. The Morgan fingerprint density at radius 1 is 1.00 bits per heavy atom. The lowest BCUT2D eigenvalue weighted by atomic mass is 9.87. The van der Waals surface area contributed by atoms with Gasteiger partial charge in [0.25, 0.3) is 5.91 Å². The highest BCUT2D eigenvalue weighted by molar-refractivity contribution is 5.94. The second kappa shape index (κ2) is 10.7. The standard InChI is InChI=1S/C26H29N3O3/c1-17(2)23(20-11-9-19(10-12-20)22-4-3-13-28-15-22)16-29-25(30)21-7-5-18(6-8-21)14-24(27)26(31)32/h3-13,15,17,23-24H,14,16,27H2,1-2H3,(H,29,30)(H,31,32)/t23-,24+/m1/s1. The van der Waals surface area contributed by atoms with Crippen molar-refractivity contribution in [2.75, 3.05) is 6.54 Å². The van der Waals surface area contributed by atoms with Crippen molar-refractivity contribution in [3.05, 3.63) is 89.7 Å². The van der Waals surface area contributed by atoms with Crippen LogP contribution >= 0.6 is 0 Å². The number of carboxylic acids is 1. The van der Waals surface area contributed by atoms with E-state index in [1.165, 1.54) is 5.56 Å². The van der Waals surface area contributed by atoms with Gasteiger partial charge in [0.1, 0.15) is 6.04 Å². The topological polar surface area (TPSA) is 105 Å². The molecule has 3 aromatic rings. The molecule has 0 spiro atoms. The van der Waals surface area contributed by atoms with Gasteiger partial charge in [-0.25, -0.2) is 0 Å². The Labute approximate surface area is 188 Å². The molecule has 0 radical (unpaired) electrons. The maximum absolute atomic E-state index is 12.6. The van der Waals surface area contributed by atoms with Gasteiger partial charge in [-0.2, -0.15) is 0 Å². The monoisotopic (exact) mass is 431 g/mol. The number of nitrogens with one attached hydrogen (secondary N) is 1. The number of hydrogen-bond acceptors (Lipinski definition) is 4. The molecule has 6 heteroatoms. The van der Waals surface area contributed by atoms with Crippen molar-refractivity contribution < 1.29 is 14.7 Å². The van der Waals surface area contributed by atoms with Crippen molar-refractivity contribution in [3.8, 4) is 11.1 Å². The van der Waals surface area contributed by atoms with Crippen LogP contribution in [-0.4, -0.2) is 34.6 Å². The summed E-state index contributed by atoms with van der Waals surface area (Å²) < 4.78 is 0. The fourth-order valence-electron chi connectivity index (χ4n) is 3.63. The van der Waals surface area contributed by atoms with Gasteiger partial charge >= 0.3 is 5.97 Å². The summed E-state index contributed by atoms with van der Waals surface area (Å²) in [4.78, 5) is 27.7. The van der Waals surface area contributed by atoms with Crippen LogP contribution in [0.15, 0.2) is 73.1 Å². The van der Waals surface area contributed by atoms with E-state index in [-0.39, 0.29) is 18.2 Å². The molecule has 6 nitrogen and oxygen atoms in total. The van der Waals surface area contributed by atoms with E-state index in [0.717, 1.165) is 16.7 Å². The molecule has 3 rings (SSSR count). The minimum absolute atomic E-state index is 0.156. The minimum Gasteiger partial charge on any atom is -0.480 e. The van der Waals surface area contributed by atoms with Gasteiger partial charge in [-0.05, 0) is 52.8 Å². The first-order valence-electron chi connectivity index (χ1n) is 10.7. The van der Waals surface area contributed by atoms with Crippen LogP contribution in [0.2, 0.25) is 0 Å². The predicted molar refractivity (Wildman–Crippen MR) is 125 cm³/mol. The Bertz CT molecular complexity index is 1030. The van der Waals surface area contributed by atoms with Crippen LogP contribution in [0.3, 0.4) is 0 Å². The molecule has 0 bridgehead atoms. The Balaban J connectivity index is 1.63. The molecule has 0 saturated carbocycles. The van der Waals surface area contributed by atoms with E-state index in [2.05, 4.69) is 48.4 Å². The zero-order valence-electron chi connectivity index (χ0n) is 18.4. The summed E-state index contributed by atoms with van der Waals surface area (Å²) >= 11 is 0. The van der Waals surface area contributed by atoms with Crippen LogP contribution < -0.4 is 11.1 Å². The van der Waals surface area contributed by atoms with Gasteiger partial charge in [0.05, 0.1) is 0 Å². The van der Waals surface area contributed by atoms with Crippen LogP contribution in [0.1, 0.15) is 41.3 Å². The molecule has 32 heavy (non-hydrogen) atoms. The molecule has 0 unspecified atom stereocenters. The molecule has 1 amide bonds. The molecule has 166 valence electrons. The van der Waals surface area contributed by atoms with Crippen molar-refractivity contribution in [3.63, 3.8) is 0 Å². The SMILES string of the molecule is CC(C)[C@@H](CNC(=O)c1ccc(C[C@H](N)C(=O)O)cc1)c1ccc(-c2cccnc2)cc1. The molecule has 0 fully saturated rings. The van der Waals surface area contributed by atoms with Crippen LogP contribution in [0.25, 0.3) is 11.1 Å². The Hall–Kier alpha value is -3.51. The predicted octanol–water partition coefficient (Wildman–Crippen LogP) is 3.87. The summed E-state index contributed by atoms with van der Waals surface area (Å²) in [6, 6.07) is 18.3. The lowest BCUT2D eigenvalue weighted by Gasteiger charge is -2.22. The van der Waals surface area contributed by atoms with E-state index in [1.807, 2.05) is 18.3 Å². The van der Waals surface area contributed by atoms with E-state index in [9.17, 15) is 9.59 Å². The summed E-state index contributed by atoms with van der Waals surface area (Å²) in [5, 5.41) is 12.0. The smallest absolute Gasteiger partial charge is 0.320 e. The zero-order valence-corrected chi connectivity index (χ0v) is 18.4. The number of rotatable bonds is 9. The fraction of sp³-hybridized carbons (Fsp3) is 0.269. The van der Waals surface area contributed by atoms with Crippen LogP contribution in [0.4, 0.5) is 0 Å². The lowest BCUT2D eigenvalue weighted by molar-refractivity contribution is -0.138. The van der Waals surface area contributed by atoms with E-state index in [4.69, 9.17) is 10.8 Å². The highest BCUT2D eigenvalue weighted by atomic mass is 16.4. The van der Waals surface area contributed by atoms with Crippen molar-refractivity contribution >= 4 is 11.9 Å². The normalized spacial score (nSPS) is 12.9. The first-order chi connectivity index (χ1) is 15.3. The molecule has 4 N–H and O–H groups in total. The highest BCUT2D eigenvalue weighted by Crippen LogP contribution is 2.27. The number of carbonyl (C=O) groups is 2. The first kappa shape index (κ1) is 23.2. The van der Waals surface area contributed by atoms with Gasteiger partial charge in [-0.15, -0.1) is 0 Å². The number of carboxylic acid groups (broad SMARTS) is 1. The number of hydrogen-bond donors (Lipinski definition) is 3. The number of aromatic nitrogens is 1. The molecule has 2 atom stereocenters. The maximum Gasteiger partial charge on any atom is 0.320 e. The minimum atomic E-state index is -1.04. The largest absolute Gasteiger partial charge is 0.480 e. The number of nitrogens with zero attached hydrogens (tertiary/aromatic N) is 1. The molecular weight excluding hydrogens is 402 g/mol. The third-order valence-electron chi connectivity index (χ3n) is 5.61. The van der Waals surface area contributed by atoms with Crippen molar-refractivity contribution in [2.45, 2.75) is 32.2 Å². The average Bonchev–Trinajstić information content (AvgIpc) is 2.80. The Morgan fingerprint density at radius 2 is 1.69 bits per heavy atom. The van der Waals surface area contributed by atoms with Gasteiger partial charge in [-0.1, -0.05) is 56.3 Å². The van der Waals surface area contributed by atoms with E-state index < -0.39 is 12.0 Å². The van der Waals surface area contributed by atoms with E-state index >= 15 is 0 Å². The Kier molecular flexibility index (Phi) is 7.73. The second-order valence-corrected chi connectivity index (χ2v) is 8.27. The number of amides is 1. The fourth-order valence-corrected chi connectivity index (χ4v) is 3.63. The third-order valence-corrected chi connectivity index (χ3v) is 5.61. The van der Waals surface area contributed by atoms with Gasteiger partial charge in [0.15, 0.2) is 0 Å². The van der Waals surface area contributed by atoms with Gasteiger partial charge in [-0.3, -0.25) is 14.6 Å². The summed E-state index contributed by atoms with van der Waals surface area (Å²) in [5.41, 5.74) is 10.2. The molecule has 0 aliphatic carbocycles. The van der Waals surface area contributed by atoms with Crippen LogP contribution in [0.5, 0.6) is 0 Å². The van der Waals surface area contributed by atoms with Crippen molar-refractivity contribution in [1.29, 1.82) is 0 Å². The van der Waals surface area contributed by atoms with E-state index in [1.54, 1.807) is 30.5 Å². The molecule has 0 aliphatic rings. The maximum atomic E-state index is 12.6. The molecule has 1 heterocycles. The van der Waals surface area contributed by atoms with Gasteiger partial charge in [0.2, 0.25) is 0 Å². The summed E-state index contributed by atoms with van der Waals surface area (Å²) in [5.74, 6) is -0.675. The number of pyridine rings is 1. The summed E-state index contributed by atoms with van der Waals surface area (Å²) in [7, 11) is 0. The third kappa shape index (κ3) is 6.02. The molecule has 0 saturated heterocycles. The number of benzene rings is 2. The summed E-state index contributed by atoms with van der Waals surface area (Å²) in [6.45, 7) is 4.81. The zero-order chi connectivity index (χ0) is 23.1.